The van der Waals surface area contributed by atoms with Crippen molar-refractivity contribution in [3.8, 4) is 0 Å². The smallest absolute Gasteiger partial charge is 0.0947 e. The molecule has 0 aromatic carbocycles. The summed E-state index contributed by atoms with van der Waals surface area (Å²) in [5.74, 6) is 1.75. The molecular formula is C13H21NO. The summed E-state index contributed by atoms with van der Waals surface area (Å²) in [6, 6.07) is 2.07. The molecule has 1 saturated heterocycles. The van der Waals surface area contributed by atoms with Gasteiger partial charge in [0.2, 0.25) is 0 Å². The Labute approximate surface area is 92.3 Å². The van der Waals surface area contributed by atoms with E-state index in [2.05, 4.69) is 24.8 Å². The highest BCUT2D eigenvalue weighted by molar-refractivity contribution is 5.05. The largest absolute Gasteiger partial charge is 0.472 e. The van der Waals surface area contributed by atoms with Gasteiger partial charge < -0.3 is 4.42 Å². The average Bonchev–Trinajstić information content (AvgIpc) is 2.77. The number of rotatable bonds is 4. The molecule has 1 fully saturated rings. The highest BCUT2D eigenvalue weighted by atomic mass is 16.3. The minimum atomic E-state index is 0.837. The Bertz CT molecular complexity index is 279. The van der Waals surface area contributed by atoms with Crippen LogP contribution in [0.25, 0.3) is 0 Å². The van der Waals surface area contributed by atoms with Crippen LogP contribution in [-0.2, 0) is 6.54 Å². The maximum absolute atomic E-state index is 5.09. The van der Waals surface area contributed by atoms with E-state index in [0.29, 0.717) is 0 Å². The van der Waals surface area contributed by atoms with Crippen LogP contribution in [0.15, 0.2) is 23.0 Å². The molecule has 0 N–H and O–H groups in total. The van der Waals surface area contributed by atoms with Crippen molar-refractivity contribution < 1.29 is 4.42 Å². The van der Waals surface area contributed by atoms with E-state index in [4.69, 9.17) is 4.42 Å². The summed E-state index contributed by atoms with van der Waals surface area (Å²) < 4.78 is 5.09. The van der Waals surface area contributed by atoms with Crippen molar-refractivity contribution in [3.63, 3.8) is 0 Å². The molecule has 0 saturated carbocycles. The van der Waals surface area contributed by atoms with Gasteiger partial charge >= 0.3 is 0 Å². The minimum absolute atomic E-state index is 0.837. The van der Waals surface area contributed by atoms with Crippen LogP contribution in [0.5, 0.6) is 0 Å². The zero-order chi connectivity index (χ0) is 10.7. The van der Waals surface area contributed by atoms with Crippen molar-refractivity contribution in [2.75, 3.05) is 13.1 Å². The number of hydrogen-bond donors (Lipinski definition) is 0. The summed E-state index contributed by atoms with van der Waals surface area (Å²) in [6.07, 6.45) is 6.37. The number of likely N-dealkylation sites (tertiary alicyclic amines) is 1. The monoisotopic (exact) mass is 207 g/mol. The third kappa shape index (κ3) is 3.10. The molecule has 2 rings (SSSR count). The molecule has 0 bridgehead atoms. The fourth-order valence-corrected chi connectivity index (χ4v) is 2.56. The van der Waals surface area contributed by atoms with Gasteiger partial charge in [0.05, 0.1) is 12.5 Å². The Morgan fingerprint density at radius 3 is 3.07 bits per heavy atom. The molecule has 1 aromatic rings. The average molecular weight is 207 g/mol. The maximum atomic E-state index is 5.09. The fourth-order valence-electron chi connectivity index (χ4n) is 2.56. The van der Waals surface area contributed by atoms with E-state index >= 15 is 0 Å². The van der Waals surface area contributed by atoms with E-state index in [1.807, 2.05) is 6.26 Å². The first-order chi connectivity index (χ1) is 7.24. The Morgan fingerprint density at radius 1 is 1.53 bits per heavy atom. The molecule has 15 heavy (non-hydrogen) atoms. The van der Waals surface area contributed by atoms with Gasteiger partial charge in [-0.05, 0) is 37.3 Å². The molecule has 84 valence electrons. The van der Waals surface area contributed by atoms with E-state index in [1.54, 1.807) is 6.26 Å². The highest BCUT2D eigenvalue weighted by Crippen LogP contribution is 2.24. The van der Waals surface area contributed by atoms with Gasteiger partial charge in [-0.15, -0.1) is 0 Å². The zero-order valence-electron chi connectivity index (χ0n) is 9.78. The van der Waals surface area contributed by atoms with E-state index < -0.39 is 0 Å². The third-order valence-corrected chi connectivity index (χ3v) is 3.16. The summed E-state index contributed by atoms with van der Waals surface area (Å²) in [6.45, 7) is 8.22. The van der Waals surface area contributed by atoms with Gasteiger partial charge in [0.1, 0.15) is 0 Å². The molecule has 1 aliphatic heterocycles. The van der Waals surface area contributed by atoms with Gasteiger partial charge in [-0.3, -0.25) is 4.90 Å². The second kappa shape index (κ2) is 4.84. The van der Waals surface area contributed by atoms with Gasteiger partial charge in [0.25, 0.3) is 0 Å². The van der Waals surface area contributed by atoms with Crippen LogP contribution < -0.4 is 0 Å². The van der Waals surface area contributed by atoms with Gasteiger partial charge in [-0.1, -0.05) is 13.8 Å². The summed E-state index contributed by atoms with van der Waals surface area (Å²) in [4.78, 5) is 2.54. The van der Waals surface area contributed by atoms with Crippen LogP contribution in [0.1, 0.15) is 32.3 Å². The Hall–Kier alpha value is -0.760. The topological polar surface area (TPSA) is 16.4 Å². The summed E-state index contributed by atoms with van der Waals surface area (Å²) in [7, 11) is 0. The fraction of sp³-hybridized carbons (Fsp3) is 0.692. The van der Waals surface area contributed by atoms with Gasteiger partial charge in [0, 0.05) is 18.7 Å². The highest BCUT2D eigenvalue weighted by Gasteiger charge is 2.22. The van der Waals surface area contributed by atoms with Crippen molar-refractivity contribution in [1.82, 2.24) is 4.90 Å². The van der Waals surface area contributed by atoms with E-state index in [0.717, 1.165) is 18.4 Å². The molecule has 0 radical (unpaired) electrons. The van der Waals surface area contributed by atoms with Crippen LogP contribution in [-0.4, -0.2) is 18.0 Å². The Balaban J connectivity index is 1.78. The van der Waals surface area contributed by atoms with Crippen LogP contribution in [0.3, 0.4) is 0 Å². The first-order valence-electron chi connectivity index (χ1n) is 5.97. The second-order valence-corrected chi connectivity index (χ2v) is 5.15. The lowest BCUT2D eigenvalue weighted by atomic mass is 9.97. The molecule has 2 heterocycles. The SMILES string of the molecule is CC(C)CC1CCN(Cc2ccoc2)C1. The van der Waals surface area contributed by atoms with Crippen LogP contribution >= 0.6 is 0 Å². The standard InChI is InChI=1S/C13H21NO/c1-11(2)7-12-3-5-14(8-12)9-13-4-6-15-10-13/h4,6,10-12H,3,5,7-9H2,1-2H3. The second-order valence-electron chi connectivity index (χ2n) is 5.15. The van der Waals surface area contributed by atoms with E-state index in [-0.39, 0.29) is 0 Å². The molecule has 2 nitrogen and oxygen atoms in total. The first-order valence-corrected chi connectivity index (χ1v) is 5.97. The Kier molecular flexibility index (Phi) is 3.47. The van der Waals surface area contributed by atoms with Gasteiger partial charge in [-0.25, -0.2) is 0 Å². The van der Waals surface area contributed by atoms with Gasteiger partial charge in [0.15, 0.2) is 0 Å². The lowest BCUT2D eigenvalue weighted by Gasteiger charge is -2.15. The van der Waals surface area contributed by atoms with Crippen LogP contribution in [0, 0.1) is 11.8 Å². The predicted molar refractivity (Wildman–Crippen MR) is 61.5 cm³/mol. The number of hydrogen-bond acceptors (Lipinski definition) is 2. The predicted octanol–water partition coefficient (Wildman–Crippen LogP) is 3.15. The lowest BCUT2D eigenvalue weighted by Crippen LogP contribution is -2.20. The molecule has 1 atom stereocenters. The third-order valence-electron chi connectivity index (χ3n) is 3.16. The number of furan rings is 1. The lowest BCUT2D eigenvalue weighted by molar-refractivity contribution is 0.304. The normalized spacial score (nSPS) is 22.7. The maximum Gasteiger partial charge on any atom is 0.0947 e. The first kappa shape index (κ1) is 10.7. The van der Waals surface area contributed by atoms with Crippen LogP contribution in [0.4, 0.5) is 0 Å². The van der Waals surface area contributed by atoms with Crippen molar-refractivity contribution >= 4 is 0 Å². The minimum Gasteiger partial charge on any atom is -0.472 e. The molecule has 2 heteroatoms. The quantitative estimate of drug-likeness (QED) is 0.754. The molecule has 0 spiro atoms. The van der Waals surface area contributed by atoms with Crippen molar-refractivity contribution in [2.45, 2.75) is 33.2 Å². The molecule has 1 unspecified atom stereocenters. The molecule has 0 aliphatic carbocycles. The molecular weight excluding hydrogens is 186 g/mol. The van der Waals surface area contributed by atoms with Gasteiger partial charge in [-0.2, -0.15) is 0 Å². The van der Waals surface area contributed by atoms with E-state index in [1.165, 1.54) is 31.5 Å². The Morgan fingerprint density at radius 2 is 2.40 bits per heavy atom. The molecule has 0 amide bonds. The summed E-state index contributed by atoms with van der Waals surface area (Å²) >= 11 is 0. The summed E-state index contributed by atoms with van der Waals surface area (Å²) in [5.41, 5.74) is 1.31. The summed E-state index contributed by atoms with van der Waals surface area (Å²) in [5, 5.41) is 0. The molecule has 1 aliphatic rings. The van der Waals surface area contributed by atoms with Crippen LogP contribution in [0.2, 0.25) is 0 Å². The van der Waals surface area contributed by atoms with Crippen molar-refractivity contribution in [3.05, 3.63) is 24.2 Å². The van der Waals surface area contributed by atoms with E-state index in [9.17, 15) is 0 Å². The van der Waals surface area contributed by atoms with Crippen molar-refractivity contribution in [1.29, 1.82) is 0 Å². The van der Waals surface area contributed by atoms with Crippen molar-refractivity contribution in [2.24, 2.45) is 11.8 Å². The zero-order valence-corrected chi connectivity index (χ0v) is 9.78. The molecule has 1 aromatic heterocycles. The number of nitrogens with zero attached hydrogens (tertiary/aromatic N) is 1.